The molecule has 1 saturated heterocycles. The zero-order valence-corrected chi connectivity index (χ0v) is 23.7. The average Bonchev–Trinajstić information content (AvgIpc) is 3.52. The number of benzene rings is 1. The largest absolute Gasteiger partial charge is 0.415 e. The van der Waals surface area contributed by atoms with Gasteiger partial charge < -0.3 is 19.9 Å². The fourth-order valence-electron chi connectivity index (χ4n) is 5.87. The van der Waals surface area contributed by atoms with E-state index in [4.69, 9.17) is 9.72 Å². The number of carbonyl (C=O) groups excluding carboxylic acids is 2. The number of piperazine rings is 1. The van der Waals surface area contributed by atoms with Crippen molar-refractivity contribution in [1.82, 2.24) is 24.4 Å². The standard InChI is InChI=1S/C31H33N7O4/c1-20-25-19-33-30(35-28(25)38(22-8-6-7-9-22)29(40)27(20)21(2)39)34-26-13-12-23(18-32-26)36-14-16-37(17-15-36)31(41)42-24-10-4-3-5-11-24/h3-5,10-13,18-19,22H,6-9,14-17H2,1-2H3,(H,32,33,34,35). The Bertz CT molecular complexity index is 1670. The number of rotatable bonds is 6. The molecule has 3 aromatic heterocycles. The highest BCUT2D eigenvalue weighted by molar-refractivity contribution is 5.99. The third kappa shape index (κ3) is 5.41. The van der Waals surface area contributed by atoms with Gasteiger partial charge in [0.2, 0.25) is 5.95 Å². The van der Waals surface area contributed by atoms with Crippen molar-refractivity contribution in [2.75, 3.05) is 36.4 Å². The van der Waals surface area contributed by atoms with Crippen molar-refractivity contribution in [2.24, 2.45) is 0 Å². The molecule has 1 aliphatic carbocycles. The highest BCUT2D eigenvalue weighted by Crippen LogP contribution is 2.32. The Hall–Kier alpha value is -4.80. The summed E-state index contributed by atoms with van der Waals surface area (Å²) in [6.45, 7) is 5.62. The van der Waals surface area contributed by atoms with Crippen LogP contribution in [-0.4, -0.2) is 62.5 Å². The molecule has 1 aliphatic heterocycles. The summed E-state index contributed by atoms with van der Waals surface area (Å²) in [7, 11) is 0. The van der Waals surface area contributed by atoms with Crippen LogP contribution in [0.3, 0.4) is 0 Å². The number of para-hydroxylation sites is 1. The van der Waals surface area contributed by atoms with Gasteiger partial charge in [-0.2, -0.15) is 4.98 Å². The number of ketones is 1. The summed E-state index contributed by atoms with van der Waals surface area (Å²) < 4.78 is 7.16. The van der Waals surface area contributed by atoms with Gasteiger partial charge in [0, 0.05) is 43.8 Å². The normalized spacial score (nSPS) is 15.7. The lowest BCUT2D eigenvalue weighted by molar-refractivity contribution is 0.101. The van der Waals surface area contributed by atoms with Crippen LogP contribution in [0.5, 0.6) is 5.75 Å². The number of fused-ring (bicyclic) bond motifs is 1. The molecule has 11 heteroatoms. The number of hydrogen-bond acceptors (Lipinski definition) is 9. The first-order valence-electron chi connectivity index (χ1n) is 14.3. The minimum absolute atomic E-state index is 0.0134. The monoisotopic (exact) mass is 567 g/mol. The van der Waals surface area contributed by atoms with Gasteiger partial charge in [-0.25, -0.2) is 14.8 Å². The molecule has 1 saturated carbocycles. The summed E-state index contributed by atoms with van der Waals surface area (Å²) in [6.07, 6.45) is 6.96. The molecule has 0 unspecified atom stereocenters. The van der Waals surface area contributed by atoms with Gasteiger partial charge in [-0.15, -0.1) is 0 Å². The topological polar surface area (TPSA) is 123 Å². The minimum Gasteiger partial charge on any atom is -0.410 e. The molecule has 0 spiro atoms. The number of carbonyl (C=O) groups is 2. The van der Waals surface area contributed by atoms with Gasteiger partial charge in [-0.05, 0) is 56.5 Å². The molecule has 2 aliphatic rings. The van der Waals surface area contributed by atoms with Gasteiger partial charge >= 0.3 is 6.09 Å². The number of nitrogens with zero attached hydrogens (tertiary/aromatic N) is 6. The van der Waals surface area contributed by atoms with Gasteiger partial charge in [-0.3, -0.25) is 14.2 Å². The second-order valence-corrected chi connectivity index (χ2v) is 10.8. The molecular weight excluding hydrogens is 534 g/mol. The predicted octanol–water partition coefficient (Wildman–Crippen LogP) is 4.88. The number of amides is 1. The maximum atomic E-state index is 13.4. The molecule has 2 fully saturated rings. The van der Waals surface area contributed by atoms with Crippen LogP contribution in [0.2, 0.25) is 0 Å². The van der Waals surface area contributed by atoms with Crippen molar-refractivity contribution in [1.29, 1.82) is 0 Å². The van der Waals surface area contributed by atoms with Crippen molar-refractivity contribution in [3.8, 4) is 5.75 Å². The Balaban J connectivity index is 1.16. The van der Waals surface area contributed by atoms with E-state index in [1.54, 1.807) is 40.9 Å². The first kappa shape index (κ1) is 27.4. The highest BCUT2D eigenvalue weighted by Gasteiger charge is 2.26. The number of aromatic nitrogens is 4. The van der Waals surface area contributed by atoms with Crippen molar-refractivity contribution in [3.63, 3.8) is 0 Å². The Morgan fingerprint density at radius 2 is 1.69 bits per heavy atom. The first-order valence-corrected chi connectivity index (χ1v) is 14.3. The molecule has 0 radical (unpaired) electrons. The van der Waals surface area contributed by atoms with Gasteiger partial charge in [0.05, 0.1) is 17.4 Å². The van der Waals surface area contributed by atoms with Crippen LogP contribution in [0, 0.1) is 6.92 Å². The molecular formula is C31H33N7O4. The van der Waals surface area contributed by atoms with Gasteiger partial charge in [0.15, 0.2) is 5.78 Å². The van der Waals surface area contributed by atoms with E-state index in [9.17, 15) is 14.4 Å². The van der Waals surface area contributed by atoms with Crippen molar-refractivity contribution >= 4 is 40.4 Å². The SMILES string of the molecule is CC(=O)c1c(C)c2cnc(Nc3ccc(N4CCN(C(=O)Oc5ccccc5)CC4)cn3)nc2n(C2CCCC2)c1=O. The number of nitrogens with one attached hydrogen (secondary N) is 1. The summed E-state index contributed by atoms with van der Waals surface area (Å²) in [5.74, 6) is 1.18. The van der Waals surface area contributed by atoms with E-state index in [0.717, 1.165) is 31.4 Å². The zero-order valence-electron chi connectivity index (χ0n) is 23.7. The highest BCUT2D eigenvalue weighted by atomic mass is 16.6. The van der Waals surface area contributed by atoms with E-state index in [1.807, 2.05) is 30.3 Å². The average molecular weight is 568 g/mol. The smallest absolute Gasteiger partial charge is 0.410 e. The minimum atomic E-state index is -0.347. The molecule has 1 aromatic carbocycles. The van der Waals surface area contributed by atoms with E-state index in [-0.39, 0.29) is 29.0 Å². The van der Waals surface area contributed by atoms with E-state index >= 15 is 0 Å². The number of hydrogen-bond donors (Lipinski definition) is 1. The van der Waals surface area contributed by atoms with Crippen LogP contribution >= 0.6 is 0 Å². The van der Waals surface area contributed by atoms with Crippen molar-refractivity contribution in [2.45, 2.75) is 45.6 Å². The third-order valence-corrected chi connectivity index (χ3v) is 8.09. The van der Waals surface area contributed by atoms with Crippen molar-refractivity contribution < 1.29 is 14.3 Å². The molecule has 216 valence electrons. The number of aryl methyl sites for hydroxylation is 1. The van der Waals surface area contributed by atoms with Crippen LogP contribution in [-0.2, 0) is 0 Å². The van der Waals surface area contributed by atoms with Crippen LogP contribution < -0.4 is 20.5 Å². The lowest BCUT2D eigenvalue weighted by atomic mass is 10.0. The zero-order chi connectivity index (χ0) is 29.2. The summed E-state index contributed by atoms with van der Waals surface area (Å²) in [4.78, 5) is 56.0. The molecule has 42 heavy (non-hydrogen) atoms. The van der Waals surface area contributed by atoms with Crippen LogP contribution in [0.15, 0.2) is 59.7 Å². The predicted molar refractivity (Wildman–Crippen MR) is 160 cm³/mol. The fourth-order valence-corrected chi connectivity index (χ4v) is 5.87. The number of Topliss-reactive ketones (excluding diaryl/α,β-unsaturated/α-hetero) is 1. The Kier molecular flexibility index (Phi) is 7.56. The Morgan fingerprint density at radius 1 is 0.952 bits per heavy atom. The second kappa shape index (κ2) is 11.6. The fraction of sp³-hybridized carbons (Fsp3) is 0.355. The quantitative estimate of drug-likeness (QED) is 0.325. The summed E-state index contributed by atoms with van der Waals surface area (Å²) in [5, 5.41) is 3.86. The number of pyridine rings is 2. The van der Waals surface area contributed by atoms with Crippen LogP contribution in [0.4, 0.5) is 22.2 Å². The molecule has 6 rings (SSSR count). The van der Waals surface area contributed by atoms with Crippen molar-refractivity contribution in [3.05, 3.63) is 76.3 Å². The lowest BCUT2D eigenvalue weighted by Gasteiger charge is -2.35. The van der Waals surface area contributed by atoms with E-state index in [2.05, 4.69) is 20.2 Å². The summed E-state index contributed by atoms with van der Waals surface area (Å²) in [6, 6.07) is 12.9. The van der Waals surface area contributed by atoms with E-state index in [1.165, 1.54) is 6.92 Å². The van der Waals surface area contributed by atoms with Gasteiger partial charge in [-0.1, -0.05) is 31.0 Å². The Labute approximate surface area is 243 Å². The Morgan fingerprint density at radius 3 is 2.36 bits per heavy atom. The van der Waals surface area contributed by atoms with Gasteiger partial charge in [0.25, 0.3) is 5.56 Å². The molecule has 4 heterocycles. The maximum Gasteiger partial charge on any atom is 0.415 e. The van der Waals surface area contributed by atoms with E-state index in [0.29, 0.717) is 60.3 Å². The number of ether oxygens (including phenoxy) is 1. The van der Waals surface area contributed by atoms with E-state index < -0.39 is 0 Å². The second-order valence-electron chi connectivity index (χ2n) is 10.8. The molecule has 4 aromatic rings. The summed E-state index contributed by atoms with van der Waals surface area (Å²) >= 11 is 0. The molecule has 1 amide bonds. The van der Waals surface area contributed by atoms with Gasteiger partial charge in [0.1, 0.15) is 17.2 Å². The molecule has 0 bridgehead atoms. The number of anilines is 3. The molecule has 0 atom stereocenters. The van der Waals surface area contributed by atoms with Crippen LogP contribution in [0.1, 0.15) is 54.6 Å². The maximum absolute atomic E-state index is 13.4. The molecule has 1 N–H and O–H groups in total. The summed E-state index contributed by atoms with van der Waals surface area (Å²) in [5.41, 5.74) is 2.02. The molecule has 11 nitrogen and oxygen atoms in total. The first-order chi connectivity index (χ1) is 20.4. The lowest BCUT2D eigenvalue weighted by Crippen LogP contribution is -2.49. The van der Waals surface area contributed by atoms with Crippen LogP contribution in [0.25, 0.3) is 11.0 Å². The third-order valence-electron chi connectivity index (χ3n) is 8.09.